The van der Waals surface area contributed by atoms with Crippen molar-refractivity contribution in [2.45, 2.75) is 6.92 Å². The number of ether oxygens (including phenoxy) is 2. The van der Waals surface area contributed by atoms with Crippen molar-refractivity contribution in [1.82, 2.24) is 5.43 Å². The lowest BCUT2D eigenvalue weighted by molar-refractivity contribution is -0.123. The molecule has 3 rings (SSSR count). The Kier molecular flexibility index (Phi) is 8.60. The second kappa shape index (κ2) is 11.4. The molecule has 0 bridgehead atoms. The number of aryl methyl sites for hydroxylation is 1. The Balaban J connectivity index is 1.67. The van der Waals surface area contributed by atoms with Crippen molar-refractivity contribution in [2.24, 2.45) is 5.10 Å². The number of esters is 1. The van der Waals surface area contributed by atoms with E-state index in [2.05, 4.69) is 58.3 Å². The van der Waals surface area contributed by atoms with E-state index in [-0.39, 0.29) is 12.4 Å². The Morgan fingerprint density at radius 2 is 1.75 bits per heavy atom. The van der Waals surface area contributed by atoms with Crippen molar-refractivity contribution in [2.75, 3.05) is 6.61 Å². The van der Waals surface area contributed by atoms with Crippen LogP contribution in [-0.4, -0.2) is 24.7 Å². The minimum Gasteiger partial charge on any atom is -0.484 e. The molecule has 0 atom stereocenters. The topological polar surface area (TPSA) is 77.0 Å². The van der Waals surface area contributed by atoms with Crippen molar-refractivity contribution < 1.29 is 19.1 Å². The highest BCUT2D eigenvalue weighted by molar-refractivity contribution is 9.11. The average molecular weight is 625 g/mol. The molecule has 0 aliphatic rings. The van der Waals surface area contributed by atoms with E-state index in [1.54, 1.807) is 42.5 Å². The van der Waals surface area contributed by atoms with Crippen molar-refractivity contribution in [3.63, 3.8) is 0 Å². The van der Waals surface area contributed by atoms with Gasteiger partial charge in [0.15, 0.2) is 12.4 Å². The molecule has 6 nitrogen and oxygen atoms in total. The van der Waals surface area contributed by atoms with E-state index in [4.69, 9.17) is 9.47 Å². The largest absolute Gasteiger partial charge is 0.484 e. The van der Waals surface area contributed by atoms with Crippen LogP contribution >= 0.6 is 47.8 Å². The maximum absolute atomic E-state index is 12.6. The van der Waals surface area contributed by atoms with Gasteiger partial charge >= 0.3 is 5.97 Å². The van der Waals surface area contributed by atoms with E-state index in [0.29, 0.717) is 21.3 Å². The highest BCUT2D eigenvalue weighted by atomic mass is 79.9. The SMILES string of the molecule is Cc1ccc(OCC(=O)N/N=C/c2cc(Br)cc(Br)c2OC(=O)c2cccc(Br)c2)cc1. The van der Waals surface area contributed by atoms with E-state index < -0.39 is 11.9 Å². The third-order valence-electron chi connectivity index (χ3n) is 4.08. The molecule has 3 aromatic carbocycles. The van der Waals surface area contributed by atoms with Crippen LogP contribution in [0.3, 0.4) is 0 Å². The summed E-state index contributed by atoms with van der Waals surface area (Å²) in [5.41, 5.74) is 4.37. The molecule has 0 spiro atoms. The molecule has 0 saturated carbocycles. The van der Waals surface area contributed by atoms with Crippen LogP contribution in [0.1, 0.15) is 21.5 Å². The predicted octanol–water partition coefficient (Wildman–Crippen LogP) is 6.03. The van der Waals surface area contributed by atoms with Gasteiger partial charge in [-0.3, -0.25) is 4.79 Å². The summed E-state index contributed by atoms with van der Waals surface area (Å²) in [5, 5.41) is 3.96. The molecular weight excluding hydrogens is 608 g/mol. The van der Waals surface area contributed by atoms with Gasteiger partial charge in [0, 0.05) is 14.5 Å². The molecule has 1 N–H and O–H groups in total. The number of nitrogens with one attached hydrogen (secondary N) is 1. The quantitative estimate of drug-likeness (QED) is 0.151. The normalized spacial score (nSPS) is 10.8. The molecule has 0 aliphatic heterocycles. The Morgan fingerprint density at radius 3 is 2.47 bits per heavy atom. The Bertz CT molecular complexity index is 1160. The molecule has 0 heterocycles. The Hall–Kier alpha value is -2.49. The zero-order valence-corrected chi connectivity index (χ0v) is 21.5. The molecular formula is C23H17Br3N2O4. The van der Waals surface area contributed by atoms with Crippen LogP contribution in [0.25, 0.3) is 0 Å². The Morgan fingerprint density at radius 1 is 1.00 bits per heavy atom. The van der Waals surface area contributed by atoms with Gasteiger partial charge in [-0.1, -0.05) is 55.6 Å². The number of nitrogens with zero attached hydrogens (tertiary/aromatic N) is 1. The zero-order valence-electron chi connectivity index (χ0n) is 16.8. The van der Waals surface area contributed by atoms with E-state index in [1.165, 1.54) is 6.21 Å². The van der Waals surface area contributed by atoms with E-state index in [0.717, 1.165) is 14.5 Å². The lowest BCUT2D eigenvalue weighted by Gasteiger charge is -2.11. The molecule has 0 saturated heterocycles. The number of halogens is 3. The van der Waals surface area contributed by atoms with Crippen LogP contribution in [0.2, 0.25) is 0 Å². The molecule has 0 aromatic heterocycles. The number of rotatable bonds is 7. The first kappa shape index (κ1) is 24.2. The van der Waals surface area contributed by atoms with Crippen LogP contribution in [0.4, 0.5) is 0 Å². The van der Waals surface area contributed by atoms with Gasteiger partial charge in [-0.05, 0) is 65.3 Å². The lowest BCUT2D eigenvalue weighted by atomic mass is 10.2. The molecule has 0 aliphatic carbocycles. The van der Waals surface area contributed by atoms with Gasteiger partial charge in [-0.25, -0.2) is 10.2 Å². The summed E-state index contributed by atoms with van der Waals surface area (Å²) in [5.74, 6) is -0.0949. The monoisotopic (exact) mass is 622 g/mol. The van der Waals surface area contributed by atoms with Crippen LogP contribution in [0, 0.1) is 6.92 Å². The van der Waals surface area contributed by atoms with Crippen molar-refractivity contribution in [3.8, 4) is 11.5 Å². The molecule has 9 heteroatoms. The first-order valence-electron chi connectivity index (χ1n) is 9.30. The van der Waals surface area contributed by atoms with Gasteiger partial charge in [-0.2, -0.15) is 5.10 Å². The number of hydrazone groups is 1. The van der Waals surface area contributed by atoms with Crippen LogP contribution in [-0.2, 0) is 4.79 Å². The number of amides is 1. The van der Waals surface area contributed by atoms with Gasteiger partial charge in [-0.15, -0.1) is 0 Å². The van der Waals surface area contributed by atoms with Crippen molar-refractivity contribution in [3.05, 3.63) is 90.8 Å². The summed E-state index contributed by atoms with van der Waals surface area (Å²) >= 11 is 10.1. The van der Waals surface area contributed by atoms with E-state index >= 15 is 0 Å². The van der Waals surface area contributed by atoms with E-state index in [9.17, 15) is 9.59 Å². The number of hydrogen-bond acceptors (Lipinski definition) is 5. The highest BCUT2D eigenvalue weighted by Gasteiger charge is 2.15. The first-order valence-corrected chi connectivity index (χ1v) is 11.7. The molecule has 0 radical (unpaired) electrons. The number of carbonyl (C=O) groups is 2. The summed E-state index contributed by atoms with van der Waals surface area (Å²) in [7, 11) is 0. The highest BCUT2D eigenvalue weighted by Crippen LogP contribution is 2.32. The first-order chi connectivity index (χ1) is 15.3. The summed E-state index contributed by atoms with van der Waals surface area (Å²) in [6.07, 6.45) is 1.39. The van der Waals surface area contributed by atoms with Gasteiger partial charge in [0.2, 0.25) is 0 Å². The van der Waals surface area contributed by atoms with Crippen molar-refractivity contribution in [1.29, 1.82) is 0 Å². The minimum absolute atomic E-state index is 0.187. The second-order valence-corrected chi connectivity index (χ2v) is 9.29. The summed E-state index contributed by atoms with van der Waals surface area (Å²) in [6.45, 7) is 1.78. The third kappa shape index (κ3) is 7.01. The summed E-state index contributed by atoms with van der Waals surface area (Å²) < 4.78 is 13.1. The molecule has 0 fully saturated rings. The minimum atomic E-state index is -0.528. The fraction of sp³-hybridized carbons (Fsp3) is 0.0870. The number of hydrogen-bond donors (Lipinski definition) is 1. The lowest BCUT2D eigenvalue weighted by Crippen LogP contribution is -2.24. The second-order valence-electron chi connectivity index (χ2n) is 6.60. The fourth-order valence-corrected chi connectivity index (χ4v) is 4.28. The van der Waals surface area contributed by atoms with Crippen molar-refractivity contribution >= 4 is 65.9 Å². The average Bonchev–Trinajstić information content (AvgIpc) is 2.75. The molecule has 0 unspecified atom stereocenters. The third-order valence-corrected chi connectivity index (χ3v) is 5.62. The number of benzene rings is 3. The van der Waals surface area contributed by atoms with Crippen LogP contribution in [0.5, 0.6) is 11.5 Å². The zero-order chi connectivity index (χ0) is 23.1. The van der Waals surface area contributed by atoms with Gasteiger partial charge in [0.05, 0.1) is 16.3 Å². The summed E-state index contributed by atoms with van der Waals surface area (Å²) in [4.78, 5) is 24.6. The smallest absolute Gasteiger partial charge is 0.343 e. The maximum Gasteiger partial charge on any atom is 0.343 e. The van der Waals surface area contributed by atoms with Gasteiger partial charge in [0.1, 0.15) is 5.75 Å². The summed E-state index contributed by atoms with van der Waals surface area (Å²) in [6, 6.07) is 17.7. The molecule has 1 amide bonds. The van der Waals surface area contributed by atoms with Gasteiger partial charge < -0.3 is 9.47 Å². The van der Waals surface area contributed by atoms with Gasteiger partial charge in [0.25, 0.3) is 5.91 Å². The number of carbonyl (C=O) groups excluding carboxylic acids is 2. The maximum atomic E-state index is 12.6. The van der Waals surface area contributed by atoms with Crippen LogP contribution in [0.15, 0.2) is 79.2 Å². The standard InChI is InChI=1S/C23H17Br3N2O4/c1-14-5-7-19(8-6-14)31-13-21(29)28-27-12-16-10-18(25)11-20(26)22(16)32-23(30)15-3-2-4-17(24)9-15/h2-12H,13H2,1H3,(H,28,29)/b27-12+. The molecule has 164 valence electrons. The van der Waals surface area contributed by atoms with E-state index in [1.807, 2.05) is 25.1 Å². The Labute approximate surface area is 210 Å². The predicted molar refractivity (Wildman–Crippen MR) is 133 cm³/mol. The molecule has 32 heavy (non-hydrogen) atoms. The van der Waals surface area contributed by atoms with Crippen LogP contribution < -0.4 is 14.9 Å². The fourth-order valence-electron chi connectivity index (χ4n) is 2.54. The molecule has 3 aromatic rings.